The van der Waals surface area contributed by atoms with Crippen molar-refractivity contribution in [3.63, 3.8) is 0 Å². The van der Waals surface area contributed by atoms with Crippen LogP contribution in [0.5, 0.6) is 0 Å². The number of hydrogen-bond donors (Lipinski definition) is 4. The Bertz CT molecular complexity index is 906. The molecule has 9 heteroatoms. The summed E-state index contributed by atoms with van der Waals surface area (Å²) in [5, 5.41) is 6.98. The van der Waals surface area contributed by atoms with Gasteiger partial charge in [-0.3, -0.25) is 9.59 Å². The van der Waals surface area contributed by atoms with E-state index in [-0.39, 0.29) is 11.8 Å². The molecule has 30 heavy (non-hydrogen) atoms. The Labute approximate surface area is 190 Å². The van der Waals surface area contributed by atoms with E-state index in [2.05, 4.69) is 44.7 Å². The van der Waals surface area contributed by atoms with Gasteiger partial charge in [-0.2, -0.15) is 9.52 Å². The predicted octanol–water partition coefficient (Wildman–Crippen LogP) is 4.52. The molecule has 0 aliphatic heterocycles. The van der Waals surface area contributed by atoms with Gasteiger partial charge in [0.25, 0.3) is 5.91 Å². The molecule has 0 fully saturated rings. The van der Waals surface area contributed by atoms with Gasteiger partial charge in [0.05, 0.1) is 17.1 Å². The first kappa shape index (κ1) is 23.8. The highest BCUT2D eigenvalue weighted by molar-refractivity contribution is 9.10. The van der Waals surface area contributed by atoms with E-state index in [1.54, 1.807) is 12.1 Å². The van der Waals surface area contributed by atoms with E-state index in [4.69, 9.17) is 5.73 Å². The van der Waals surface area contributed by atoms with Gasteiger partial charge in [0.15, 0.2) is 0 Å². The molecule has 2 aromatic rings. The molecule has 0 aliphatic carbocycles. The number of amides is 2. The predicted molar refractivity (Wildman–Crippen MR) is 128 cm³/mol. The standard InChI is InChI=1S/C21H26BrN5O2S/c1-15(16-8-7-9-17(22)14-16)25-26-27(30)21(29)13-4-2-3-12-20(28)24-19-11-6-5-10-18(19)23/h5-11,14,26,30H,2-4,12-13,23H2,1H3,(H,24,28)/b25-15+. The summed E-state index contributed by atoms with van der Waals surface area (Å²) >= 11 is 7.55. The van der Waals surface area contributed by atoms with Crippen molar-refractivity contribution < 1.29 is 9.59 Å². The number of rotatable bonds is 10. The van der Waals surface area contributed by atoms with Gasteiger partial charge in [0.2, 0.25) is 5.91 Å². The molecule has 160 valence electrons. The number of thiol groups is 1. The van der Waals surface area contributed by atoms with Crippen LogP contribution in [0, 0.1) is 0 Å². The normalized spacial score (nSPS) is 11.1. The van der Waals surface area contributed by atoms with Crippen molar-refractivity contribution in [2.75, 3.05) is 11.1 Å². The van der Waals surface area contributed by atoms with Crippen LogP contribution < -0.4 is 16.6 Å². The third kappa shape index (κ3) is 8.08. The summed E-state index contributed by atoms with van der Waals surface area (Å²) in [4.78, 5) is 24.1. The van der Waals surface area contributed by atoms with Gasteiger partial charge >= 0.3 is 0 Å². The number of hydrazine groups is 1. The average molecular weight is 492 g/mol. The Morgan fingerprint density at radius 1 is 1.10 bits per heavy atom. The molecule has 0 radical (unpaired) electrons. The molecule has 0 aliphatic rings. The minimum atomic E-state index is -0.189. The Morgan fingerprint density at radius 3 is 2.57 bits per heavy atom. The van der Waals surface area contributed by atoms with E-state index in [0.717, 1.165) is 26.6 Å². The fourth-order valence-electron chi connectivity index (χ4n) is 2.62. The van der Waals surface area contributed by atoms with Crippen molar-refractivity contribution in [1.29, 1.82) is 0 Å². The molecule has 4 N–H and O–H groups in total. The molecule has 0 saturated heterocycles. The van der Waals surface area contributed by atoms with Gasteiger partial charge < -0.3 is 11.1 Å². The molecule has 2 aromatic carbocycles. The average Bonchev–Trinajstić information content (AvgIpc) is 2.73. The Morgan fingerprint density at radius 2 is 1.83 bits per heavy atom. The maximum atomic E-state index is 12.1. The molecule has 0 atom stereocenters. The first-order valence-electron chi connectivity index (χ1n) is 9.59. The Balaban J connectivity index is 1.65. The summed E-state index contributed by atoms with van der Waals surface area (Å²) in [6.45, 7) is 1.84. The van der Waals surface area contributed by atoms with E-state index in [9.17, 15) is 9.59 Å². The quantitative estimate of drug-likeness (QED) is 0.129. The van der Waals surface area contributed by atoms with Crippen molar-refractivity contribution >= 4 is 57.6 Å². The Kier molecular flexibility index (Phi) is 9.69. The summed E-state index contributed by atoms with van der Waals surface area (Å²) < 4.78 is 2.03. The van der Waals surface area contributed by atoms with Gasteiger partial charge in [-0.15, -0.1) is 0 Å². The number of halogens is 1. The zero-order valence-corrected chi connectivity index (χ0v) is 19.2. The Hall–Kier alpha value is -2.52. The highest BCUT2D eigenvalue weighted by Crippen LogP contribution is 2.17. The number of nitrogens with zero attached hydrogens (tertiary/aromatic N) is 2. The van der Waals surface area contributed by atoms with Crippen LogP contribution in [0.1, 0.15) is 44.6 Å². The van der Waals surface area contributed by atoms with Gasteiger partial charge in [0, 0.05) is 17.3 Å². The van der Waals surface area contributed by atoms with Crippen LogP contribution in [0.4, 0.5) is 11.4 Å². The fraction of sp³-hybridized carbons (Fsp3) is 0.286. The number of unbranched alkanes of at least 4 members (excludes halogenated alkanes) is 2. The van der Waals surface area contributed by atoms with Crippen LogP contribution in [-0.4, -0.2) is 21.9 Å². The van der Waals surface area contributed by atoms with E-state index >= 15 is 0 Å². The lowest BCUT2D eigenvalue weighted by Crippen LogP contribution is -2.32. The second kappa shape index (κ2) is 12.2. The molecule has 0 unspecified atom stereocenters. The summed E-state index contributed by atoms with van der Waals surface area (Å²) in [5.41, 5.74) is 11.3. The van der Waals surface area contributed by atoms with Gasteiger partial charge in [0.1, 0.15) is 0 Å². The van der Waals surface area contributed by atoms with Crippen LogP contribution in [-0.2, 0) is 9.59 Å². The SMILES string of the molecule is C/C(=N\NN(S)C(=O)CCCCCC(=O)Nc1ccccc1N)c1cccc(Br)c1. The number of para-hydroxylation sites is 2. The first-order valence-corrected chi connectivity index (χ1v) is 10.8. The second-order valence-corrected chi connectivity index (χ2v) is 8.02. The molecular formula is C21H26BrN5O2S. The van der Waals surface area contributed by atoms with Crippen molar-refractivity contribution in [3.8, 4) is 0 Å². The number of hydrogen-bond acceptors (Lipinski definition) is 6. The number of carbonyl (C=O) groups is 2. The van der Waals surface area contributed by atoms with Crippen molar-refractivity contribution in [3.05, 3.63) is 58.6 Å². The van der Waals surface area contributed by atoms with Gasteiger partial charge in [-0.05, 0) is 62.4 Å². The van der Waals surface area contributed by atoms with Crippen LogP contribution in [0.3, 0.4) is 0 Å². The molecular weight excluding hydrogens is 466 g/mol. The van der Waals surface area contributed by atoms with E-state index < -0.39 is 0 Å². The lowest BCUT2D eigenvalue weighted by atomic mass is 10.1. The van der Waals surface area contributed by atoms with Gasteiger partial charge in [-0.1, -0.05) is 46.6 Å². The van der Waals surface area contributed by atoms with Crippen LogP contribution in [0.15, 0.2) is 58.1 Å². The minimum absolute atomic E-state index is 0.0888. The number of carbonyl (C=O) groups excluding carboxylic acids is 2. The molecule has 0 bridgehead atoms. The highest BCUT2D eigenvalue weighted by Gasteiger charge is 2.10. The van der Waals surface area contributed by atoms with Crippen molar-refractivity contribution in [2.45, 2.75) is 39.0 Å². The third-order valence-electron chi connectivity index (χ3n) is 4.32. The number of hydrazone groups is 1. The topological polar surface area (TPSA) is 99.8 Å². The number of benzene rings is 2. The fourth-order valence-corrected chi connectivity index (χ4v) is 3.17. The largest absolute Gasteiger partial charge is 0.397 e. The molecule has 7 nitrogen and oxygen atoms in total. The summed E-state index contributed by atoms with van der Waals surface area (Å²) in [6.07, 6.45) is 2.79. The second-order valence-electron chi connectivity index (χ2n) is 6.71. The molecule has 0 saturated carbocycles. The molecule has 0 heterocycles. The maximum absolute atomic E-state index is 12.1. The van der Waals surface area contributed by atoms with Crippen LogP contribution >= 0.6 is 28.7 Å². The molecule has 0 spiro atoms. The van der Waals surface area contributed by atoms with E-state index in [1.807, 2.05) is 43.3 Å². The number of anilines is 2. The molecule has 2 amide bonds. The number of nitrogen functional groups attached to an aromatic ring is 1. The first-order chi connectivity index (χ1) is 14.4. The smallest absolute Gasteiger partial charge is 0.252 e. The van der Waals surface area contributed by atoms with Crippen molar-refractivity contribution in [2.24, 2.45) is 5.10 Å². The van der Waals surface area contributed by atoms with E-state index in [1.165, 1.54) is 0 Å². The summed E-state index contributed by atoms with van der Waals surface area (Å²) in [6, 6.07) is 14.8. The molecule has 0 aromatic heterocycles. The number of nitrogens with two attached hydrogens (primary N) is 1. The van der Waals surface area contributed by atoms with E-state index in [0.29, 0.717) is 37.1 Å². The lowest BCUT2D eigenvalue weighted by molar-refractivity contribution is -0.128. The summed E-state index contributed by atoms with van der Waals surface area (Å²) in [5.74, 6) is -0.278. The maximum Gasteiger partial charge on any atom is 0.252 e. The van der Waals surface area contributed by atoms with Gasteiger partial charge in [-0.25, -0.2) is 5.53 Å². The highest BCUT2D eigenvalue weighted by atomic mass is 79.9. The third-order valence-corrected chi connectivity index (χ3v) is 5.13. The number of nitrogens with one attached hydrogen (secondary N) is 2. The lowest BCUT2D eigenvalue weighted by Gasteiger charge is -2.15. The monoisotopic (exact) mass is 491 g/mol. The zero-order valence-electron chi connectivity index (χ0n) is 16.8. The summed E-state index contributed by atoms with van der Waals surface area (Å²) in [7, 11) is 0. The molecule has 2 rings (SSSR count). The van der Waals surface area contributed by atoms with Crippen LogP contribution in [0.2, 0.25) is 0 Å². The van der Waals surface area contributed by atoms with Crippen LogP contribution in [0.25, 0.3) is 0 Å². The van der Waals surface area contributed by atoms with Crippen molar-refractivity contribution in [1.82, 2.24) is 9.95 Å². The zero-order chi connectivity index (χ0) is 21.9. The minimum Gasteiger partial charge on any atom is -0.397 e.